The maximum Gasteiger partial charge on any atom is 0.326 e. The number of alkyl halides is 1. The van der Waals surface area contributed by atoms with E-state index in [9.17, 15) is 9.59 Å². The van der Waals surface area contributed by atoms with Crippen molar-refractivity contribution in [2.75, 3.05) is 0 Å². The van der Waals surface area contributed by atoms with Gasteiger partial charge in [-0.25, -0.2) is 0 Å². The molecule has 0 N–H and O–H groups in total. The Kier molecular flexibility index (Phi) is 9.97. The van der Waals surface area contributed by atoms with E-state index in [1.165, 1.54) is 0 Å². The van der Waals surface area contributed by atoms with Gasteiger partial charge in [0.2, 0.25) is 0 Å². The zero-order valence-electron chi connectivity index (χ0n) is 10.1. The lowest BCUT2D eigenvalue weighted by molar-refractivity contribution is -0.159. The zero-order valence-corrected chi connectivity index (χ0v) is 12.3. The number of ether oxygens (including phenoxy) is 1. The molecule has 0 saturated carbocycles. The summed E-state index contributed by atoms with van der Waals surface area (Å²) >= 11 is 2.04. The van der Waals surface area contributed by atoms with Crippen LogP contribution in [-0.4, -0.2) is 15.9 Å². The molecular formula is C12H21IO3. The maximum absolute atomic E-state index is 11.4. The fraction of sp³-hybridized carbons (Fsp3) is 0.833. The number of esters is 2. The molecule has 0 bridgehead atoms. The minimum atomic E-state index is -0.379. The van der Waals surface area contributed by atoms with E-state index >= 15 is 0 Å². The predicted molar refractivity (Wildman–Crippen MR) is 72.6 cm³/mol. The molecule has 0 aliphatic carbocycles. The Bertz CT molecular complexity index is 216. The molecule has 94 valence electrons. The Labute approximate surface area is 111 Å². The van der Waals surface area contributed by atoms with Crippen LogP contribution in [0.2, 0.25) is 0 Å². The molecule has 0 heterocycles. The van der Waals surface area contributed by atoms with E-state index in [1.54, 1.807) is 0 Å². The quantitative estimate of drug-likeness (QED) is 0.223. The first-order chi connectivity index (χ1) is 7.61. The minimum Gasteiger partial charge on any atom is -0.392 e. The lowest BCUT2D eigenvalue weighted by atomic mass is 10.2. The first-order valence-electron chi connectivity index (χ1n) is 6.00. The fourth-order valence-electron chi connectivity index (χ4n) is 1.25. The molecule has 0 aromatic heterocycles. The summed E-state index contributed by atoms with van der Waals surface area (Å²) in [6.45, 7) is 4.15. The van der Waals surface area contributed by atoms with E-state index in [0.717, 1.165) is 38.5 Å². The van der Waals surface area contributed by atoms with Gasteiger partial charge in [0.1, 0.15) is 3.92 Å². The first kappa shape index (κ1) is 15.9. The molecule has 4 heteroatoms. The first-order valence-corrected chi connectivity index (χ1v) is 7.25. The Morgan fingerprint density at radius 3 is 2.31 bits per heavy atom. The highest BCUT2D eigenvalue weighted by atomic mass is 127. The third-order valence-electron chi connectivity index (χ3n) is 2.27. The molecular weight excluding hydrogens is 319 g/mol. The van der Waals surface area contributed by atoms with Gasteiger partial charge in [0.25, 0.3) is 0 Å². The minimum absolute atomic E-state index is 0.187. The third kappa shape index (κ3) is 8.07. The molecule has 1 atom stereocenters. The van der Waals surface area contributed by atoms with Crippen LogP contribution in [0.15, 0.2) is 0 Å². The van der Waals surface area contributed by atoms with Crippen molar-refractivity contribution in [3.63, 3.8) is 0 Å². The molecule has 0 saturated heterocycles. The summed E-state index contributed by atoms with van der Waals surface area (Å²) in [5.74, 6) is -0.757. The van der Waals surface area contributed by atoms with Crippen LogP contribution >= 0.6 is 22.6 Å². The van der Waals surface area contributed by atoms with Crippen molar-refractivity contribution in [2.45, 2.75) is 62.7 Å². The molecule has 1 unspecified atom stereocenters. The van der Waals surface area contributed by atoms with Gasteiger partial charge in [-0.3, -0.25) is 9.59 Å². The van der Waals surface area contributed by atoms with Crippen molar-refractivity contribution in [3.8, 4) is 0 Å². The molecule has 0 aliphatic rings. The lowest BCUT2D eigenvalue weighted by Gasteiger charge is -2.07. The molecule has 0 aliphatic heterocycles. The SMILES string of the molecule is CCCCCC(=O)OC(=O)C(I)CCCC. The fourth-order valence-corrected chi connectivity index (χ4v) is 1.82. The summed E-state index contributed by atoms with van der Waals surface area (Å²) in [6, 6.07) is 0. The zero-order chi connectivity index (χ0) is 12.4. The maximum atomic E-state index is 11.4. The van der Waals surface area contributed by atoms with Crippen LogP contribution < -0.4 is 0 Å². The molecule has 0 radical (unpaired) electrons. The second-order valence-electron chi connectivity index (χ2n) is 3.86. The monoisotopic (exact) mass is 340 g/mol. The van der Waals surface area contributed by atoms with Gasteiger partial charge >= 0.3 is 11.9 Å². The third-order valence-corrected chi connectivity index (χ3v) is 3.40. The van der Waals surface area contributed by atoms with Crippen molar-refractivity contribution in [3.05, 3.63) is 0 Å². The number of unbranched alkanes of at least 4 members (excludes halogenated alkanes) is 3. The number of carbonyl (C=O) groups excluding carboxylic acids is 2. The summed E-state index contributed by atoms with van der Waals surface area (Å²) in [5, 5.41) is 0. The summed E-state index contributed by atoms with van der Waals surface area (Å²) in [5.41, 5.74) is 0. The Hall–Kier alpha value is -0.130. The van der Waals surface area contributed by atoms with Gasteiger partial charge in [0.15, 0.2) is 0 Å². The Balaban J connectivity index is 3.72. The number of hydrogen-bond donors (Lipinski definition) is 0. The average Bonchev–Trinajstić information content (AvgIpc) is 2.26. The van der Waals surface area contributed by atoms with E-state index in [0.29, 0.717) is 6.42 Å². The number of rotatable bonds is 8. The van der Waals surface area contributed by atoms with E-state index in [4.69, 9.17) is 4.74 Å². The highest BCUT2D eigenvalue weighted by molar-refractivity contribution is 14.1. The Morgan fingerprint density at radius 2 is 1.75 bits per heavy atom. The van der Waals surface area contributed by atoms with Crippen molar-refractivity contribution in [1.29, 1.82) is 0 Å². The predicted octanol–water partition coefficient (Wildman–Crippen LogP) is 3.63. The van der Waals surface area contributed by atoms with E-state index in [-0.39, 0.29) is 15.9 Å². The largest absolute Gasteiger partial charge is 0.392 e. The number of halogens is 1. The molecule has 3 nitrogen and oxygen atoms in total. The molecule has 0 fully saturated rings. The lowest BCUT2D eigenvalue weighted by Crippen LogP contribution is -2.21. The van der Waals surface area contributed by atoms with Crippen LogP contribution in [-0.2, 0) is 14.3 Å². The second kappa shape index (κ2) is 10.1. The summed E-state index contributed by atoms with van der Waals surface area (Å²) in [4.78, 5) is 22.7. The van der Waals surface area contributed by atoms with E-state index < -0.39 is 0 Å². The Morgan fingerprint density at radius 1 is 1.12 bits per heavy atom. The van der Waals surface area contributed by atoms with Gasteiger partial charge in [-0.1, -0.05) is 62.1 Å². The standard InChI is InChI=1S/C12H21IO3/c1-3-5-7-9-11(14)16-12(15)10(13)8-6-4-2/h10H,3-9H2,1-2H3. The van der Waals surface area contributed by atoms with Gasteiger partial charge < -0.3 is 4.74 Å². The van der Waals surface area contributed by atoms with E-state index in [2.05, 4.69) is 13.8 Å². The van der Waals surface area contributed by atoms with Crippen LogP contribution in [0.25, 0.3) is 0 Å². The highest BCUT2D eigenvalue weighted by Crippen LogP contribution is 2.13. The smallest absolute Gasteiger partial charge is 0.326 e. The van der Waals surface area contributed by atoms with Crippen LogP contribution in [0.4, 0.5) is 0 Å². The van der Waals surface area contributed by atoms with Crippen LogP contribution in [0.3, 0.4) is 0 Å². The van der Waals surface area contributed by atoms with Gasteiger partial charge in [-0.15, -0.1) is 0 Å². The molecule has 0 rings (SSSR count). The topological polar surface area (TPSA) is 43.4 Å². The van der Waals surface area contributed by atoms with Crippen LogP contribution in [0, 0.1) is 0 Å². The second-order valence-corrected chi connectivity index (χ2v) is 5.36. The van der Waals surface area contributed by atoms with Crippen molar-refractivity contribution in [2.24, 2.45) is 0 Å². The summed E-state index contributed by atoms with van der Waals surface area (Å²) < 4.78 is 4.58. The van der Waals surface area contributed by atoms with Crippen molar-refractivity contribution >= 4 is 34.5 Å². The van der Waals surface area contributed by atoms with Crippen LogP contribution in [0.1, 0.15) is 58.8 Å². The molecule has 0 spiro atoms. The van der Waals surface area contributed by atoms with Crippen molar-refractivity contribution < 1.29 is 14.3 Å². The molecule has 0 aromatic carbocycles. The van der Waals surface area contributed by atoms with Gasteiger partial charge in [0.05, 0.1) is 0 Å². The van der Waals surface area contributed by atoms with Gasteiger partial charge in [0, 0.05) is 6.42 Å². The van der Waals surface area contributed by atoms with Crippen molar-refractivity contribution in [1.82, 2.24) is 0 Å². The summed E-state index contributed by atoms with van der Waals surface area (Å²) in [6.07, 6.45) is 6.07. The van der Waals surface area contributed by atoms with E-state index in [1.807, 2.05) is 22.6 Å². The van der Waals surface area contributed by atoms with Gasteiger partial charge in [-0.2, -0.15) is 0 Å². The average molecular weight is 340 g/mol. The normalized spacial score (nSPS) is 12.2. The van der Waals surface area contributed by atoms with Gasteiger partial charge in [-0.05, 0) is 12.8 Å². The molecule has 0 aromatic rings. The molecule has 0 amide bonds. The summed E-state index contributed by atoms with van der Waals surface area (Å²) in [7, 11) is 0. The van der Waals surface area contributed by atoms with Crippen LogP contribution in [0.5, 0.6) is 0 Å². The number of carbonyl (C=O) groups is 2. The number of hydrogen-bond acceptors (Lipinski definition) is 3. The molecule has 16 heavy (non-hydrogen) atoms. The highest BCUT2D eigenvalue weighted by Gasteiger charge is 2.18.